The summed E-state index contributed by atoms with van der Waals surface area (Å²) in [4.78, 5) is 11.5. The van der Waals surface area contributed by atoms with Gasteiger partial charge in [-0.3, -0.25) is 0 Å². The molecular formula is C12H14NO2+. The number of hydrogen-bond acceptors (Lipinski definition) is 2. The highest BCUT2D eigenvalue weighted by molar-refractivity contribution is 5.88. The Hall–Kier alpha value is -1.64. The van der Waals surface area contributed by atoms with Gasteiger partial charge >= 0.3 is 5.97 Å². The molecule has 0 N–H and O–H groups in total. The summed E-state index contributed by atoms with van der Waals surface area (Å²) in [5.74, 6) is -0.252. The molecule has 15 heavy (non-hydrogen) atoms. The zero-order valence-electron chi connectivity index (χ0n) is 8.99. The van der Waals surface area contributed by atoms with E-state index in [0.29, 0.717) is 12.2 Å². The molecule has 0 saturated carbocycles. The lowest BCUT2D eigenvalue weighted by Crippen LogP contribution is -2.34. The number of allylic oxidation sites excluding steroid dienone is 1. The first-order valence-corrected chi connectivity index (χ1v) is 5.08. The predicted octanol–water partition coefficient (Wildman–Crippen LogP) is 1.57. The van der Waals surface area contributed by atoms with Crippen LogP contribution < -0.4 is 4.57 Å². The third-order valence-corrected chi connectivity index (χ3v) is 2.39. The van der Waals surface area contributed by atoms with Gasteiger partial charge in [0, 0.05) is 12.1 Å². The third kappa shape index (κ3) is 1.91. The number of pyridine rings is 1. The molecule has 0 bridgehead atoms. The molecule has 0 atom stereocenters. The molecule has 1 aromatic heterocycles. The highest BCUT2D eigenvalue weighted by Gasteiger charge is 2.20. The summed E-state index contributed by atoms with van der Waals surface area (Å²) >= 11 is 0. The molecular weight excluding hydrogens is 190 g/mol. The van der Waals surface area contributed by atoms with Crippen LogP contribution in [0.2, 0.25) is 0 Å². The molecule has 78 valence electrons. The molecule has 1 aromatic rings. The van der Waals surface area contributed by atoms with Gasteiger partial charge in [0.05, 0.1) is 6.61 Å². The van der Waals surface area contributed by atoms with Crippen LogP contribution in [0.3, 0.4) is 0 Å². The van der Waals surface area contributed by atoms with Crippen LogP contribution in [0.25, 0.3) is 6.08 Å². The average Bonchev–Trinajstić information content (AvgIpc) is 2.57. The van der Waals surface area contributed by atoms with E-state index in [0.717, 1.165) is 12.2 Å². The molecule has 3 heteroatoms. The fraction of sp³-hybridized carbons (Fsp3) is 0.333. The molecule has 2 heterocycles. The molecule has 0 aliphatic carbocycles. The number of hydrogen-bond donors (Lipinski definition) is 0. The van der Waals surface area contributed by atoms with Crippen LogP contribution in [-0.2, 0) is 11.3 Å². The lowest BCUT2D eigenvalue weighted by molar-refractivity contribution is -0.686. The molecule has 0 unspecified atom stereocenters. The third-order valence-electron chi connectivity index (χ3n) is 2.39. The molecule has 1 aliphatic heterocycles. The summed E-state index contributed by atoms with van der Waals surface area (Å²) in [6, 6.07) is 3.75. The van der Waals surface area contributed by atoms with E-state index >= 15 is 0 Å². The number of carbonyl (C=O) groups is 1. The smallest absolute Gasteiger partial charge is 0.344 e. The topological polar surface area (TPSA) is 30.2 Å². The lowest BCUT2D eigenvalue weighted by atomic mass is 10.2. The van der Waals surface area contributed by atoms with E-state index in [2.05, 4.69) is 17.6 Å². The Morgan fingerprint density at radius 1 is 1.53 bits per heavy atom. The number of rotatable bonds is 2. The molecule has 0 radical (unpaired) electrons. The van der Waals surface area contributed by atoms with Gasteiger partial charge in [-0.05, 0) is 25.5 Å². The summed E-state index contributed by atoms with van der Waals surface area (Å²) in [5.41, 5.74) is 3.06. The average molecular weight is 204 g/mol. The quantitative estimate of drug-likeness (QED) is 0.540. The van der Waals surface area contributed by atoms with Gasteiger partial charge in [-0.1, -0.05) is 0 Å². The first-order valence-electron chi connectivity index (χ1n) is 5.08. The maximum absolute atomic E-state index is 11.5. The lowest BCUT2D eigenvalue weighted by Gasteiger charge is -2.00. The van der Waals surface area contributed by atoms with Crippen LogP contribution in [0.5, 0.6) is 0 Å². The zero-order chi connectivity index (χ0) is 10.8. The number of esters is 1. The van der Waals surface area contributed by atoms with Crippen molar-refractivity contribution in [1.29, 1.82) is 0 Å². The minimum Gasteiger partial charge on any atom is -0.462 e. The standard InChI is InChI=1S/C12H14NO2/c1-3-15-12(14)10-4-5-11-6-9(2)7-13(11)8-10/h4-6,8H,3,7H2,1-2H3/q+1. The van der Waals surface area contributed by atoms with E-state index in [-0.39, 0.29) is 5.97 Å². The molecule has 0 aromatic carbocycles. The van der Waals surface area contributed by atoms with Gasteiger partial charge in [0.2, 0.25) is 5.69 Å². The zero-order valence-corrected chi connectivity index (χ0v) is 8.99. The summed E-state index contributed by atoms with van der Waals surface area (Å²) in [7, 11) is 0. The van der Waals surface area contributed by atoms with Gasteiger partial charge in [-0.2, -0.15) is 4.57 Å². The Bertz CT molecular complexity index is 435. The normalized spacial score (nSPS) is 13.3. The molecule has 1 aliphatic rings. The number of fused-ring (bicyclic) bond motifs is 1. The van der Waals surface area contributed by atoms with Crippen molar-refractivity contribution in [2.45, 2.75) is 20.4 Å². The van der Waals surface area contributed by atoms with Crippen LogP contribution in [0.4, 0.5) is 0 Å². The molecule has 0 spiro atoms. The fourth-order valence-electron chi connectivity index (χ4n) is 1.73. The van der Waals surface area contributed by atoms with Crippen molar-refractivity contribution in [3.05, 3.63) is 35.2 Å². The molecule has 2 rings (SSSR count). The van der Waals surface area contributed by atoms with Crippen molar-refractivity contribution in [3.8, 4) is 0 Å². The van der Waals surface area contributed by atoms with Crippen molar-refractivity contribution in [3.63, 3.8) is 0 Å². The van der Waals surface area contributed by atoms with E-state index in [1.807, 2.05) is 19.2 Å². The van der Waals surface area contributed by atoms with E-state index in [1.165, 1.54) is 5.57 Å². The Morgan fingerprint density at radius 2 is 2.33 bits per heavy atom. The summed E-state index contributed by atoms with van der Waals surface area (Å²) < 4.78 is 7.00. The van der Waals surface area contributed by atoms with Crippen molar-refractivity contribution in [1.82, 2.24) is 0 Å². The predicted molar refractivity (Wildman–Crippen MR) is 56.2 cm³/mol. The van der Waals surface area contributed by atoms with Crippen LogP contribution in [0.1, 0.15) is 29.9 Å². The molecule has 0 amide bonds. The second kappa shape index (κ2) is 3.85. The molecule has 3 nitrogen and oxygen atoms in total. The number of aromatic nitrogens is 1. The minimum atomic E-state index is -0.252. The number of nitrogens with zero attached hydrogens (tertiary/aromatic N) is 1. The van der Waals surface area contributed by atoms with Crippen molar-refractivity contribution in [2.75, 3.05) is 6.61 Å². The number of carbonyl (C=O) groups excluding carboxylic acids is 1. The Morgan fingerprint density at radius 3 is 3.07 bits per heavy atom. The monoisotopic (exact) mass is 204 g/mol. The summed E-state index contributed by atoms with van der Waals surface area (Å²) in [6.45, 7) is 5.17. The summed E-state index contributed by atoms with van der Waals surface area (Å²) in [6.07, 6.45) is 3.97. The second-order valence-electron chi connectivity index (χ2n) is 3.68. The van der Waals surface area contributed by atoms with Crippen LogP contribution in [0.15, 0.2) is 23.9 Å². The number of ether oxygens (including phenoxy) is 1. The van der Waals surface area contributed by atoms with Gasteiger partial charge < -0.3 is 4.74 Å². The highest BCUT2D eigenvalue weighted by Crippen LogP contribution is 2.11. The Labute approximate surface area is 89.0 Å². The van der Waals surface area contributed by atoms with Gasteiger partial charge in [0.25, 0.3) is 0 Å². The summed E-state index contributed by atoms with van der Waals surface area (Å²) in [5, 5.41) is 0. The van der Waals surface area contributed by atoms with Crippen molar-refractivity contribution < 1.29 is 14.1 Å². The van der Waals surface area contributed by atoms with Crippen LogP contribution >= 0.6 is 0 Å². The minimum absolute atomic E-state index is 0.252. The SMILES string of the molecule is CCOC(=O)c1ccc2[n+](c1)CC(C)=C2. The Kier molecular flexibility index (Phi) is 2.54. The van der Waals surface area contributed by atoms with E-state index in [4.69, 9.17) is 4.74 Å². The molecule has 0 saturated heterocycles. The van der Waals surface area contributed by atoms with Crippen LogP contribution in [0, 0.1) is 0 Å². The first kappa shape index (κ1) is 9.90. The maximum atomic E-state index is 11.5. The molecule has 0 fully saturated rings. The van der Waals surface area contributed by atoms with Gasteiger partial charge in [-0.25, -0.2) is 4.79 Å². The van der Waals surface area contributed by atoms with Gasteiger partial charge in [0.1, 0.15) is 5.56 Å². The first-order chi connectivity index (χ1) is 7.20. The van der Waals surface area contributed by atoms with Crippen molar-refractivity contribution in [2.24, 2.45) is 0 Å². The van der Waals surface area contributed by atoms with Gasteiger partial charge in [-0.15, -0.1) is 0 Å². The Balaban J connectivity index is 2.26. The van der Waals surface area contributed by atoms with Gasteiger partial charge in [0.15, 0.2) is 12.7 Å². The van der Waals surface area contributed by atoms with Crippen molar-refractivity contribution >= 4 is 12.0 Å². The van der Waals surface area contributed by atoms with Crippen LogP contribution in [-0.4, -0.2) is 12.6 Å². The largest absolute Gasteiger partial charge is 0.462 e. The highest BCUT2D eigenvalue weighted by atomic mass is 16.5. The van der Waals surface area contributed by atoms with E-state index in [1.54, 1.807) is 6.07 Å². The van der Waals surface area contributed by atoms with E-state index < -0.39 is 0 Å². The van der Waals surface area contributed by atoms with E-state index in [9.17, 15) is 4.79 Å². The maximum Gasteiger partial charge on any atom is 0.344 e. The fourth-order valence-corrected chi connectivity index (χ4v) is 1.73. The second-order valence-corrected chi connectivity index (χ2v) is 3.68.